The van der Waals surface area contributed by atoms with Crippen LogP contribution in [0.2, 0.25) is 0 Å². The third-order valence-corrected chi connectivity index (χ3v) is 3.47. The fourth-order valence-corrected chi connectivity index (χ4v) is 2.24. The topological polar surface area (TPSA) is 49.3 Å². The minimum Gasteiger partial charge on any atom is -0.396 e. The van der Waals surface area contributed by atoms with Crippen molar-refractivity contribution >= 4 is 17.7 Å². The Balaban J connectivity index is 2.26. The number of aliphatic hydroxyl groups is 1. The molecule has 0 aliphatic carbocycles. The highest BCUT2D eigenvalue weighted by Gasteiger charge is 2.11. The first-order chi connectivity index (χ1) is 9.15. The van der Waals surface area contributed by atoms with E-state index in [9.17, 15) is 13.6 Å². The van der Waals surface area contributed by atoms with Crippen LogP contribution in [-0.4, -0.2) is 35.7 Å². The molecule has 0 aromatic heterocycles. The van der Waals surface area contributed by atoms with Gasteiger partial charge in [-0.25, -0.2) is 8.78 Å². The maximum Gasteiger partial charge on any atom is 0.224 e. The molecular weight excluding hydrogens is 272 g/mol. The number of rotatable bonds is 8. The molecule has 1 rings (SSSR count). The number of hydrogen-bond acceptors (Lipinski definition) is 3. The zero-order valence-electron chi connectivity index (χ0n) is 10.5. The largest absolute Gasteiger partial charge is 0.396 e. The van der Waals surface area contributed by atoms with Crippen molar-refractivity contribution in [2.45, 2.75) is 12.8 Å². The van der Waals surface area contributed by atoms with E-state index in [2.05, 4.69) is 5.32 Å². The second kappa shape index (κ2) is 8.87. The highest BCUT2D eigenvalue weighted by atomic mass is 32.2. The maximum atomic E-state index is 13.3. The lowest BCUT2D eigenvalue weighted by Crippen LogP contribution is -2.27. The Labute approximate surface area is 115 Å². The zero-order chi connectivity index (χ0) is 14.1. The number of carbonyl (C=O) groups excluding carboxylic acids is 1. The van der Waals surface area contributed by atoms with Gasteiger partial charge in [-0.2, -0.15) is 11.8 Å². The molecule has 1 aromatic rings. The number of halogens is 2. The molecule has 0 heterocycles. The molecule has 0 saturated heterocycles. The maximum absolute atomic E-state index is 13.3. The number of benzene rings is 1. The number of aliphatic hydroxyl groups excluding tert-OH is 1. The molecule has 106 valence electrons. The molecule has 0 atom stereocenters. The van der Waals surface area contributed by atoms with E-state index in [1.54, 1.807) is 11.8 Å². The summed E-state index contributed by atoms with van der Waals surface area (Å²) >= 11 is 1.62. The first-order valence-electron chi connectivity index (χ1n) is 6.03. The molecule has 0 saturated carbocycles. The normalized spacial score (nSPS) is 10.5. The Morgan fingerprint density at radius 3 is 2.84 bits per heavy atom. The Hall–Kier alpha value is -1.14. The fourth-order valence-electron chi connectivity index (χ4n) is 1.45. The van der Waals surface area contributed by atoms with Gasteiger partial charge in [-0.15, -0.1) is 0 Å². The van der Waals surface area contributed by atoms with Gasteiger partial charge < -0.3 is 10.4 Å². The van der Waals surface area contributed by atoms with Crippen LogP contribution in [0.15, 0.2) is 18.2 Å². The molecule has 3 nitrogen and oxygen atoms in total. The molecule has 6 heteroatoms. The smallest absolute Gasteiger partial charge is 0.224 e. The summed E-state index contributed by atoms with van der Waals surface area (Å²) in [7, 11) is 0. The summed E-state index contributed by atoms with van der Waals surface area (Å²) in [6.07, 6.45) is 0.567. The molecule has 1 aromatic carbocycles. The predicted octanol–water partition coefficient (Wildman–Crippen LogP) is 1.74. The summed E-state index contributed by atoms with van der Waals surface area (Å²) in [4.78, 5) is 11.5. The SMILES string of the molecule is O=C(Cc1cccc(F)c1F)NCCSCCCO. The molecule has 0 aliphatic heterocycles. The molecule has 0 fully saturated rings. The van der Waals surface area contributed by atoms with E-state index in [-0.39, 0.29) is 24.5 Å². The zero-order valence-corrected chi connectivity index (χ0v) is 11.3. The van der Waals surface area contributed by atoms with Crippen LogP contribution in [0, 0.1) is 11.6 Å². The van der Waals surface area contributed by atoms with Crippen molar-refractivity contribution in [1.29, 1.82) is 0 Å². The number of thioether (sulfide) groups is 1. The van der Waals surface area contributed by atoms with Crippen LogP contribution in [0.4, 0.5) is 8.78 Å². The van der Waals surface area contributed by atoms with Gasteiger partial charge in [-0.1, -0.05) is 12.1 Å². The van der Waals surface area contributed by atoms with Crippen LogP contribution in [0.5, 0.6) is 0 Å². The molecule has 0 spiro atoms. The van der Waals surface area contributed by atoms with E-state index in [1.165, 1.54) is 12.1 Å². The lowest BCUT2D eigenvalue weighted by molar-refractivity contribution is -0.120. The van der Waals surface area contributed by atoms with Crippen LogP contribution in [0.25, 0.3) is 0 Å². The van der Waals surface area contributed by atoms with Crippen molar-refractivity contribution in [2.24, 2.45) is 0 Å². The van der Waals surface area contributed by atoms with Gasteiger partial charge >= 0.3 is 0 Å². The summed E-state index contributed by atoms with van der Waals surface area (Å²) in [5, 5.41) is 11.2. The Bertz CT molecular complexity index is 416. The van der Waals surface area contributed by atoms with Gasteiger partial charge in [-0.05, 0) is 18.2 Å². The van der Waals surface area contributed by atoms with Crippen molar-refractivity contribution in [3.8, 4) is 0 Å². The third kappa shape index (κ3) is 6.02. The van der Waals surface area contributed by atoms with Crippen LogP contribution >= 0.6 is 11.8 Å². The average molecular weight is 289 g/mol. The van der Waals surface area contributed by atoms with Crippen molar-refractivity contribution in [2.75, 3.05) is 24.7 Å². The lowest BCUT2D eigenvalue weighted by atomic mass is 10.1. The number of hydrogen-bond donors (Lipinski definition) is 2. The quantitative estimate of drug-likeness (QED) is 0.717. The van der Waals surface area contributed by atoms with Crippen molar-refractivity contribution < 1.29 is 18.7 Å². The van der Waals surface area contributed by atoms with Crippen molar-refractivity contribution in [3.05, 3.63) is 35.4 Å². The van der Waals surface area contributed by atoms with Gasteiger partial charge in [0.15, 0.2) is 11.6 Å². The molecular formula is C13H17F2NO2S. The van der Waals surface area contributed by atoms with Crippen LogP contribution in [0.1, 0.15) is 12.0 Å². The van der Waals surface area contributed by atoms with Gasteiger partial charge in [-0.3, -0.25) is 4.79 Å². The van der Waals surface area contributed by atoms with E-state index in [0.29, 0.717) is 6.54 Å². The van der Waals surface area contributed by atoms with Gasteiger partial charge in [0.05, 0.1) is 6.42 Å². The third-order valence-electron chi connectivity index (χ3n) is 2.40. The van der Waals surface area contributed by atoms with Crippen LogP contribution in [0.3, 0.4) is 0 Å². The van der Waals surface area contributed by atoms with Gasteiger partial charge in [0, 0.05) is 24.5 Å². The summed E-state index contributed by atoms with van der Waals surface area (Å²) in [5.41, 5.74) is 0.0606. The van der Waals surface area contributed by atoms with Crippen LogP contribution < -0.4 is 5.32 Å². The summed E-state index contributed by atoms with van der Waals surface area (Å²) in [6, 6.07) is 3.80. The van der Waals surface area contributed by atoms with E-state index in [1.807, 2.05) is 0 Å². The highest BCUT2D eigenvalue weighted by molar-refractivity contribution is 7.99. The van der Waals surface area contributed by atoms with Gasteiger partial charge in [0.1, 0.15) is 0 Å². The van der Waals surface area contributed by atoms with Crippen molar-refractivity contribution in [1.82, 2.24) is 5.32 Å². The minimum atomic E-state index is -0.963. The molecule has 0 aliphatic rings. The van der Waals surface area contributed by atoms with E-state index in [4.69, 9.17) is 5.11 Å². The predicted molar refractivity (Wildman–Crippen MR) is 72.1 cm³/mol. The highest BCUT2D eigenvalue weighted by Crippen LogP contribution is 2.11. The number of carbonyl (C=O) groups is 1. The molecule has 0 bridgehead atoms. The number of amides is 1. The van der Waals surface area contributed by atoms with Gasteiger partial charge in [0.2, 0.25) is 5.91 Å². The summed E-state index contributed by atoms with van der Waals surface area (Å²) in [6.45, 7) is 0.643. The molecule has 1 amide bonds. The minimum absolute atomic E-state index is 0.0606. The summed E-state index contributed by atoms with van der Waals surface area (Å²) < 4.78 is 26.2. The Kier molecular flexibility index (Phi) is 7.43. The Morgan fingerprint density at radius 1 is 1.32 bits per heavy atom. The standard InChI is InChI=1S/C13H17F2NO2S/c14-11-4-1-3-10(13(11)15)9-12(18)16-5-8-19-7-2-6-17/h1,3-4,17H,2,5-9H2,(H,16,18). The second-order valence-electron chi connectivity index (χ2n) is 3.93. The molecule has 19 heavy (non-hydrogen) atoms. The molecule has 2 N–H and O–H groups in total. The molecule has 0 radical (unpaired) electrons. The lowest BCUT2D eigenvalue weighted by Gasteiger charge is -2.06. The van der Waals surface area contributed by atoms with E-state index in [0.717, 1.165) is 24.0 Å². The van der Waals surface area contributed by atoms with E-state index >= 15 is 0 Å². The first-order valence-corrected chi connectivity index (χ1v) is 7.19. The van der Waals surface area contributed by atoms with Gasteiger partial charge in [0.25, 0.3) is 0 Å². The second-order valence-corrected chi connectivity index (χ2v) is 5.15. The summed E-state index contributed by atoms with van der Waals surface area (Å²) in [5.74, 6) is -0.658. The fraction of sp³-hybridized carbons (Fsp3) is 0.462. The first kappa shape index (κ1) is 15.9. The molecule has 0 unspecified atom stereocenters. The monoisotopic (exact) mass is 289 g/mol. The Morgan fingerprint density at radius 2 is 2.11 bits per heavy atom. The average Bonchev–Trinajstić information content (AvgIpc) is 2.39. The van der Waals surface area contributed by atoms with E-state index < -0.39 is 11.6 Å². The van der Waals surface area contributed by atoms with Crippen molar-refractivity contribution in [3.63, 3.8) is 0 Å². The number of nitrogens with one attached hydrogen (secondary N) is 1. The van der Waals surface area contributed by atoms with Crippen LogP contribution in [-0.2, 0) is 11.2 Å².